The van der Waals surface area contributed by atoms with Crippen LogP contribution in [-0.2, 0) is 29.4 Å². The highest BCUT2D eigenvalue weighted by molar-refractivity contribution is 6.09. The van der Waals surface area contributed by atoms with Crippen molar-refractivity contribution in [3.05, 3.63) is 60.0 Å². The van der Waals surface area contributed by atoms with Crippen LogP contribution in [0.15, 0.2) is 48.9 Å². The summed E-state index contributed by atoms with van der Waals surface area (Å²) in [5, 5.41) is 6.13. The number of nitrogens with one attached hydrogen (secondary N) is 2. The predicted molar refractivity (Wildman–Crippen MR) is 269 cm³/mol. The first-order valence-corrected chi connectivity index (χ1v) is 27.0. The Morgan fingerprint density at radius 3 is 2.25 bits per heavy atom. The molecule has 3 aliphatic carbocycles. The maximum Gasteiger partial charge on any atom is 0.238 e. The molecule has 4 aromatic rings. The van der Waals surface area contributed by atoms with Crippen LogP contribution in [0, 0.1) is 23.7 Å². The Morgan fingerprint density at radius 1 is 0.803 bits per heavy atom. The number of carbonyl (C=O) groups excluding carboxylic acids is 5. The minimum atomic E-state index is -0.666. The van der Waals surface area contributed by atoms with Gasteiger partial charge in [0.1, 0.15) is 11.3 Å². The van der Waals surface area contributed by atoms with E-state index in [0.717, 1.165) is 115 Å². The van der Waals surface area contributed by atoms with Gasteiger partial charge >= 0.3 is 0 Å². The number of amides is 5. The molecule has 1 spiro atoms. The lowest BCUT2D eigenvalue weighted by Gasteiger charge is -2.48. The molecule has 4 atom stereocenters. The minimum Gasteiger partial charge on any atom is -0.366 e. The van der Waals surface area contributed by atoms with Crippen molar-refractivity contribution in [1.82, 2.24) is 39.5 Å². The van der Waals surface area contributed by atoms with Gasteiger partial charge in [-0.25, -0.2) is 15.0 Å². The Labute approximate surface area is 415 Å². The summed E-state index contributed by atoms with van der Waals surface area (Å²) >= 11 is 0. The van der Waals surface area contributed by atoms with E-state index in [1.807, 2.05) is 28.3 Å². The Kier molecular flexibility index (Phi) is 11.0. The minimum absolute atomic E-state index is 0.0479. The summed E-state index contributed by atoms with van der Waals surface area (Å²) in [5.41, 5.74) is 6.07. The summed E-state index contributed by atoms with van der Waals surface area (Å²) in [4.78, 5) is 93.2. The second-order valence-corrected chi connectivity index (χ2v) is 22.9. The number of imide groups is 1. The molecule has 8 fully saturated rings. The van der Waals surface area contributed by atoms with E-state index >= 15 is 4.79 Å². The van der Waals surface area contributed by atoms with Gasteiger partial charge in [0.2, 0.25) is 29.5 Å². The fraction of sp³-hybridized carbons (Fsp3) is 0.600. The smallest absolute Gasteiger partial charge is 0.238 e. The van der Waals surface area contributed by atoms with Crippen molar-refractivity contribution in [3.63, 3.8) is 0 Å². The van der Waals surface area contributed by atoms with Gasteiger partial charge in [-0.3, -0.25) is 29.3 Å². The van der Waals surface area contributed by atoms with E-state index in [-0.39, 0.29) is 71.2 Å². The first kappa shape index (κ1) is 45.0. The summed E-state index contributed by atoms with van der Waals surface area (Å²) in [7, 11) is 0. The third kappa shape index (κ3) is 7.79. The lowest BCUT2D eigenvalue weighted by atomic mass is 9.73. The third-order valence-electron chi connectivity index (χ3n) is 18.4. The normalized spacial score (nSPS) is 28.6. The summed E-state index contributed by atoms with van der Waals surface area (Å²) in [6.07, 6.45) is 15.3. The van der Waals surface area contributed by atoms with E-state index in [9.17, 15) is 19.2 Å². The average Bonchev–Trinajstić information content (AvgIpc) is 4.19. The molecule has 5 amide bonds. The zero-order valence-corrected chi connectivity index (χ0v) is 41.2. The quantitative estimate of drug-likeness (QED) is 0.179. The van der Waals surface area contributed by atoms with Crippen molar-refractivity contribution in [1.29, 1.82) is 0 Å². The number of imidazole rings is 1. The van der Waals surface area contributed by atoms with E-state index in [4.69, 9.17) is 9.97 Å². The number of pyridine rings is 2. The number of anilines is 3. The van der Waals surface area contributed by atoms with E-state index in [2.05, 4.69) is 73.0 Å². The molecular formula is C55H67N11O5. The number of benzene rings is 1. The number of likely N-dealkylation sites (tertiary alicyclic amines) is 3. The second kappa shape index (κ2) is 17.4. The molecule has 0 radical (unpaired) electrons. The Morgan fingerprint density at radius 2 is 1.56 bits per heavy atom. The van der Waals surface area contributed by atoms with E-state index in [1.165, 1.54) is 19.3 Å². The lowest BCUT2D eigenvalue weighted by Crippen LogP contribution is -2.58. The zero-order chi connectivity index (χ0) is 48.3. The van der Waals surface area contributed by atoms with Crippen LogP contribution in [0.1, 0.15) is 120 Å². The van der Waals surface area contributed by atoms with Gasteiger partial charge < -0.3 is 34.4 Å². The molecular weight excluding hydrogens is 895 g/mol. The number of hydrogen-bond acceptors (Lipinski definition) is 11. The summed E-state index contributed by atoms with van der Waals surface area (Å²) in [6.45, 7) is 10.5. The van der Waals surface area contributed by atoms with Crippen LogP contribution in [0.2, 0.25) is 0 Å². The van der Waals surface area contributed by atoms with Crippen LogP contribution in [-0.4, -0.2) is 134 Å². The van der Waals surface area contributed by atoms with Gasteiger partial charge in [-0.1, -0.05) is 24.6 Å². The number of aromatic nitrogens is 4. The highest BCUT2D eigenvalue weighted by Gasteiger charge is 2.62. The molecule has 3 saturated carbocycles. The number of carbonyl (C=O) groups is 5. The second-order valence-electron chi connectivity index (χ2n) is 22.9. The summed E-state index contributed by atoms with van der Waals surface area (Å²) in [6, 6.07) is 13.9. The predicted octanol–water partition coefficient (Wildman–Crippen LogP) is 6.01. The number of piperidine rings is 5. The van der Waals surface area contributed by atoms with Crippen molar-refractivity contribution in [2.45, 2.75) is 133 Å². The maximum absolute atomic E-state index is 15.2. The van der Waals surface area contributed by atoms with Gasteiger partial charge in [0.25, 0.3) is 0 Å². The van der Waals surface area contributed by atoms with Crippen molar-refractivity contribution in [3.8, 4) is 11.3 Å². The molecule has 9 heterocycles. The standard InChI is InChI=1S/C55H67N11O5/c1-32(2)65-31-57-44-27-43(59-50(49(44)65)58-36-8-9-36)34-6-11-42-45(24-34)66(38-25-37(26-38)61-18-4-3-5-19-61)54(71)55(42)16-22-63(23-17-55)53(70)48-40-29-64(30-41(40)48)52(69)33-14-20-62(21-15-33)46-12-7-35(28-56-46)39-10-13-47(67)60-51(39)68/h6-7,11-12,24,27-28,31-33,36-41,48H,3-5,8-10,13-23,25-26,29-30H2,1-2H3,(H,58,59)(H,60,67,68)/t37-,38+,39?,40-,41+,48+. The number of hydrogen-bond donors (Lipinski definition) is 2. The first-order valence-electron chi connectivity index (χ1n) is 27.0. The van der Waals surface area contributed by atoms with Crippen molar-refractivity contribution < 1.29 is 24.0 Å². The van der Waals surface area contributed by atoms with Gasteiger partial charge in [0.05, 0.1) is 28.9 Å². The van der Waals surface area contributed by atoms with Gasteiger partial charge in [-0.15, -0.1) is 0 Å². The SMILES string of the molecule is CC(C)n1cnc2cc(-c3ccc4c(c3)N([C@H]3C[C@@H](N5CCCCC5)C3)C(=O)C43CCN(C(=O)[C@H]4[C@@H]5CN(C(=O)C6CCN(c7ccc(C8CCC(=O)NC8=O)cn7)CC6)C[C@@H]54)CC3)nc(NC3CC3)c21. The molecule has 372 valence electrons. The number of nitrogens with zero attached hydrogens (tertiary/aromatic N) is 9. The topological polar surface area (TPSA) is 169 Å². The fourth-order valence-corrected chi connectivity index (χ4v) is 13.9. The van der Waals surface area contributed by atoms with Gasteiger partial charge in [-0.2, -0.15) is 0 Å². The van der Waals surface area contributed by atoms with Crippen LogP contribution in [0.4, 0.5) is 17.3 Å². The molecule has 3 aromatic heterocycles. The van der Waals surface area contributed by atoms with Gasteiger partial charge in [0, 0.05) is 99.1 Å². The molecule has 1 aromatic carbocycles. The molecule has 9 aliphatic rings. The highest BCUT2D eigenvalue weighted by Crippen LogP contribution is 2.55. The molecule has 71 heavy (non-hydrogen) atoms. The Balaban J connectivity index is 0.663. The van der Waals surface area contributed by atoms with Gasteiger partial charge in [0.15, 0.2) is 5.82 Å². The Hall–Kier alpha value is -5.90. The molecule has 1 unspecified atom stereocenters. The largest absolute Gasteiger partial charge is 0.366 e. The molecule has 13 rings (SSSR count). The maximum atomic E-state index is 15.2. The first-order chi connectivity index (χ1) is 34.5. The van der Waals surface area contributed by atoms with Crippen LogP contribution in [0.3, 0.4) is 0 Å². The molecule has 0 bridgehead atoms. The van der Waals surface area contributed by atoms with Crippen LogP contribution in [0.5, 0.6) is 0 Å². The van der Waals surface area contributed by atoms with E-state index in [0.29, 0.717) is 63.9 Å². The van der Waals surface area contributed by atoms with Crippen molar-refractivity contribution in [2.24, 2.45) is 23.7 Å². The van der Waals surface area contributed by atoms with Crippen molar-refractivity contribution >= 4 is 57.9 Å². The monoisotopic (exact) mass is 962 g/mol. The molecule has 16 heteroatoms. The average molecular weight is 962 g/mol. The molecule has 2 N–H and O–H groups in total. The molecule has 16 nitrogen and oxygen atoms in total. The van der Waals surface area contributed by atoms with E-state index in [1.54, 1.807) is 6.20 Å². The van der Waals surface area contributed by atoms with Crippen LogP contribution in [0.25, 0.3) is 22.3 Å². The van der Waals surface area contributed by atoms with Crippen molar-refractivity contribution in [2.75, 3.05) is 67.5 Å². The zero-order valence-electron chi connectivity index (χ0n) is 41.2. The van der Waals surface area contributed by atoms with E-state index < -0.39 is 5.41 Å². The lowest BCUT2D eigenvalue weighted by molar-refractivity contribution is -0.140. The van der Waals surface area contributed by atoms with Crippen LogP contribution < -0.4 is 20.4 Å². The Bertz CT molecular complexity index is 2780. The van der Waals surface area contributed by atoms with Gasteiger partial charge in [-0.05, 0) is 139 Å². The third-order valence-corrected chi connectivity index (χ3v) is 18.4. The molecule has 6 aliphatic heterocycles. The highest BCUT2D eigenvalue weighted by atomic mass is 16.2. The molecule has 5 saturated heterocycles. The summed E-state index contributed by atoms with van der Waals surface area (Å²) in [5.74, 6) is 1.78. The number of rotatable bonds is 10. The number of fused-ring (bicyclic) bond motifs is 4. The van der Waals surface area contributed by atoms with Crippen LogP contribution >= 0.6 is 0 Å². The summed E-state index contributed by atoms with van der Waals surface area (Å²) < 4.78 is 2.20. The fourth-order valence-electron chi connectivity index (χ4n) is 13.9.